The highest BCUT2D eigenvalue weighted by molar-refractivity contribution is 7.89. The lowest BCUT2D eigenvalue weighted by atomic mass is 10.0. The van der Waals surface area contributed by atoms with Crippen molar-refractivity contribution in [3.8, 4) is 0 Å². The van der Waals surface area contributed by atoms with Crippen LogP contribution in [0.4, 0.5) is 4.39 Å². The van der Waals surface area contributed by atoms with Crippen LogP contribution in [0.25, 0.3) is 0 Å². The van der Waals surface area contributed by atoms with Crippen molar-refractivity contribution >= 4 is 15.9 Å². The van der Waals surface area contributed by atoms with Gasteiger partial charge in [0.05, 0.1) is 11.4 Å². The van der Waals surface area contributed by atoms with Gasteiger partial charge in [-0.05, 0) is 43.1 Å². The molecule has 6 nitrogen and oxygen atoms in total. The van der Waals surface area contributed by atoms with Crippen LogP contribution >= 0.6 is 0 Å². The minimum absolute atomic E-state index is 0.0284. The molecule has 160 valence electrons. The minimum atomic E-state index is -3.76. The first-order chi connectivity index (χ1) is 14.4. The summed E-state index contributed by atoms with van der Waals surface area (Å²) in [5.41, 5.74) is 1.23. The van der Waals surface area contributed by atoms with Crippen molar-refractivity contribution in [3.63, 3.8) is 0 Å². The van der Waals surface area contributed by atoms with E-state index in [1.54, 1.807) is 4.90 Å². The molecular weight excluding hydrogens is 405 g/mol. The summed E-state index contributed by atoms with van der Waals surface area (Å²) in [4.78, 5) is 16.8. The monoisotopic (exact) mass is 431 g/mol. The van der Waals surface area contributed by atoms with Crippen molar-refractivity contribution in [3.05, 3.63) is 66.0 Å². The zero-order valence-corrected chi connectivity index (χ0v) is 17.6. The van der Waals surface area contributed by atoms with Crippen molar-refractivity contribution < 1.29 is 17.6 Å². The number of benzene rings is 2. The Kier molecular flexibility index (Phi) is 6.17. The second kappa shape index (κ2) is 8.83. The molecule has 2 aromatic carbocycles. The fourth-order valence-corrected chi connectivity index (χ4v) is 5.75. The van der Waals surface area contributed by atoms with Gasteiger partial charge < -0.3 is 4.90 Å². The van der Waals surface area contributed by atoms with Crippen LogP contribution in [0.5, 0.6) is 0 Å². The van der Waals surface area contributed by atoms with E-state index >= 15 is 0 Å². The normalized spacial score (nSPS) is 21.1. The second-order valence-electron chi connectivity index (χ2n) is 7.78. The summed E-state index contributed by atoms with van der Waals surface area (Å²) in [6.45, 7) is 2.35. The molecule has 2 aromatic rings. The molecule has 2 saturated heterocycles. The standard InChI is InChI=1S/C22H26FN3O3S/c23-19-8-4-9-20(16-19)30(28,29)26-14-12-24(13-15-26)22(27)17-25-11-5-10-21(25)18-6-2-1-3-7-18/h1-4,6-9,16,21H,5,10-15,17H2. The number of rotatable bonds is 5. The molecular formula is C22H26FN3O3S. The van der Waals surface area contributed by atoms with Crippen molar-refractivity contribution in [2.45, 2.75) is 23.8 Å². The number of piperazine rings is 1. The van der Waals surface area contributed by atoms with Crippen LogP contribution in [0.3, 0.4) is 0 Å². The van der Waals surface area contributed by atoms with Crippen LogP contribution in [0.2, 0.25) is 0 Å². The van der Waals surface area contributed by atoms with Crippen LogP contribution in [0, 0.1) is 5.82 Å². The lowest BCUT2D eigenvalue weighted by Gasteiger charge is -2.35. The summed E-state index contributed by atoms with van der Waals surface area (Å²) < 4.78 is 40.3. The summed E-state index contributed by atoms with van der Waals surface area (Å²) in [5, 5.41) is 0. The van der Waals surface area contributed by atoms with Crippen LogP contribution in [0.15, 0.2) is 59.5 Å². The Balaban J connectivity index is 1.35. The van der Waals surface area contributed by atoms with Gasteiger partial charge in [0.15, 0.2) is 0 Å². The third-order valence-electron chi connectivity index (χ3n) is 5.91. The molecule has 1 amide bonds. The molecule has 0 aliphatic carbocycles. The average Bonchev–Trinajstić information content (AvgIpc) is 3.22. The topological polar surface area (TPSA) is 60.9 Å². The molecule has 0 bridgehead atoms. The van der Waals surface area contributed by atoms with E-state index in [1.165, 1.54) is 28.1 Å². The van der Waals surface area contributed by atoms with Gasteiger partial charge in [0, 0.05) is 32.2 Å². The summed E-state index contributed by atoms with van der Waals surface area (Å²) in [6.07, 6.45) is 2.10. The fraction of sp³-hybridized carbons (Fsp3) is 0.409. The average molecular weight is 432 g/mol. The van der Waals surface area contributed by atoms with Crippen molar-refractivity contribution in [2.24, 2.45) is 0 Å². The maximum atomic E-state index is 13.4. The van der Waals surface area contributed by atoms with Gasteiger partial charge in [-0.2, -0.15) is 4.31 Å². The number of amides is 1. The number of nitrogens with zero attached hydrogens (tertiary/aromatic N) is 3. The number of likely N-dealkylation sites (tertiary alicyclic amines) is 1. The maximum absolute atomic E-state index is 13.4. The highest BCUT2D eigenvalue weighted by atomic mass is 32.2. The van der Waals surface area contributed by atoms with Gasteiger partial charge in [-0.25, -0.2) is 12.8 Å². The predicted octanol–water partition coefficient (Wildman–Crippen LogP) is 2.50. The summed E-state index contributed by atoms with van der Waals surface area (Å²) >= 11 is 0. The lowest BCUT2D eigenvalue weighted by molar-refractivity contribution is -0.133. The number of carbonyl (C=O) groups is 1. The minimum Gasteiger partial charge on any atom is -0.339 e. The second-order valence-corrected chi connectivity index (χ2v) is 9.72. The van der Waals surface area contributed by atoms with E-state index in [1.807, 2.05) is 18.2 Å². The van der Waals surface area contributed by atoms with Gasteiger partial charge in [-0.15, -0.1) is 0 Å². The first kappa shape index (κ1) is 21.0. The Hall–Kier alpha value is -2.29. The van der Waals surface area contributed by atoms with Gasteiger partial charge in [-0.3, -0.25) is 9.69 Å². The number of halogens is 1. The number of sulfonamides is 1. The van der Waals surface area contributed by atoms with E-state index in [0.717, 1.165) is 25.5 Å². The smallest absolute Gasteiger partial charge is 0.243 e. The molecule has 0 N–H and O–H groups in total. The van der Waals surface area contributed by atoms with E-state index in [4.69, 9.17) is 0 Å². The van der Waals surface area contributed by atoms with Gasteiger partial charge in [-0.1, -0.05) is 36.4 Å². The van der Waals surface area contributed by atoms with E-state index < -0.39 is 15.8 Å². The number of carbonyl (C=O) groups excluding carboxylic acids is 1. The molecule has 4 rings (SSSR count). The molecule has 8 heteroatoms. The Morgan fingerprint density at radius 1 is 0.967 bits per heavy atom. The number of hydrogen-bond donors (Lipinski definition) is 0. The van der Waals surface area contributed by atoms with Crippen LogP contribution in [-0.2, 0) is 14.8 Å². The Labute approximate surface area is 176 Å². The van der Waals surface area contributed by atoms with Crippen LogP contribution < -0.4 is 0 Å². The van der Waals surface area contributed by atoms with E-state index in [-0.39, 0.29) is 29.9 Å². The predicted molar refractivity (Wildman–Crippen MR) is 112 cm³/mol. The van der Waals surface area contributed by atoms with E-state index in [2.05, 4.69) is 17.0 Å². The van der Waals surface area contributed by atoms with Gasteiger partial charge >= 0.3 is 0 Å². The zero-order valence-electron chi connectivity index (χ0n) is 16.8. The lowest BCUT2D eigenvalue weighted by Crippen LogP contribution is -2.52. The molecule has 30 heavy (non-hydrogen) atoms. The molecule has 0 saturated carbocycles. The van der Waals surface area contributed by atoms with E-state index in [0.29, 0.717) is 19.6 Å². The Morgan fingerprint density at radius 2 is 1.70 bits per heavy atom. The molecule has 2 fully saturated rings. The fourth-order valence-electron chi connectivity index (χ4n) is 4.30. The van der Waals surface area contributed by atoms with Crippen LogP contribution in [-0.4, -0.2) is 67.7 Å². The SMILES string of the molecule is O=C(CN1CCCC1c1ccccc1)N1CCN(S(=O)(=O)c2cccc(F)c2)CC1. The quantitative estimate of drug-likeness (QED) is 0.730. The van der Waals surface area contributed by atoms with Crippen molar-refractivity contribution in [2.75, 3.05) is 39.3 Å². The first-order valence-electron chi connectivity index (χ1n) is 10.3. The largest absolute Gasteiger partial charge is 0.339 e. The molecule has 2 aliphatic heterocycles. The highest BCUT2D eigenvalue weighted by Crippen LogP contribution is 2.31. The molecule has 0 radical (unpaired) electrons. The molecule has 1 unspecified atom stereocenters. The third kappa shape index (κ3) is 4.40. The molecule has 2 aliphatic rings. The van der Waals surface area contributed by atoms with Gasteiger partial charge in [0.1, 0.15) is 5.82 Å². The third-order valence-corrected chi connectivity index (χ3v) is 7.81. The molecule has 0 aromatic heterocycles. The van der Waals surface area contributed by atoms with Crippen molar-refractivity contribution in [1.82, 2.24) is 14.1 Å². The first-order valence-corrected chi connectivity index (χ1v) is 11.7. The van der Waals surface area contributed by atoms with Gasteiger partial charge in [0.25, 0.3) is 0 Å². The van der Waals surface area contributed by atoms with Gasteiger partial charge in [0.2, 0.25) is 15.9 Å². The molecule has 0 spiro atoms. The summed E-state index contributed by atoms with van der Waals surface area (Å²) in [5.74, 6) is -0.552. The molecule has 1 atom stereocenters. The summed E-state index contributed by atoms with van der Waals surface area (Å²) in [7, 11) is -3.76. The maximum Gasteiger partial charge on any atom is 0.243 e. The van der Waals surface area contributed by atoms with Crippen LogP contribution in [0.1, 0.15) is 24.4 Å². The number of hydrogen-bond acceptors (Lipinski definition) is 4. The zero-order chi connectivity index (χ0) is 21.1. The highest BCUT2D eigenvalue weighted by Gasteiger charge is 2.33. The van der Waals surface area contributed by atoms with Crippen molar-refractivity contribution in [1.29, 1.82) is 0 Å². The summed E-state index contributed by atoms with van der Waals surface area (Å²) in [6, 6.07) is 15.5. The molecule has 2 heterocycles. The Morgan fingerprint density at radius 3 is 2.40 bits per heavy atom. The van der Waals surface area contributed by atoms with E-state index in [9.17, 15) is 17.6 Å². The Bertz CT molecular complexity index is 992.